The van der Waals surface area contributed by atoms with Crippen molar-refractivity contribution < 1.29 is 26.3 Å². The maximum Gasteiger partial charge on any atom is 0.416 e. The summed E-state index contributed by atoms with van der Waals surface area (Å²) in [7, 11) is 4.95. The minimum absolute atomic E-state index is 0. The maximum absolute atomic E-state index is 12.1. The van der Waals surface area contributed by atoms with Gasteiger partial charge < -0.3 is 0 Å². The van der Waals surface area contributed by atoms with Crippen molar-refractivity contribution in [3.05, 3.63) is 29.3 Å². The lowest BCUT2D eigenvalue weighted by molar-refractivity contribution is -0.142. The van der Waals surface area contributed by atoms with Gasteiger partial charge in [0.15, 0.2) is 0 Å². The zero-order valence-electron chi connectivity index (χ0n) is 9.08. The van der Waals surface area contributed by atoms with Crippen LogP contribution in [0.25, 0.3) is 0 Å². The summed E-state index contributed by atoms with van der Waals surface area (Å²) in [6, 6.07) is 0.931. The Morgan fingerprint density at radius 1 is 0.706 bits per heavy atom. The second-order valence-electron chi connectivity index (χ2n) is 2.84. The van der Waals surface area contributed by atoms with Crippen LogP contribution >= 0.6 is 0 Å². The molecule has 0 bridgehead atoms. The minimum atomic E-state index is -4.84. The molecule has 0 amide bonds. The monoisotopic (exact) mass is 282 g/mol. The van der Waals surface area contributed by atoms with Crippen molar-refractivity contribution in [3.63, 3.8) is 0 Å². The van der Waals surface area contributed by atoms with Crippen molar-refractivity contribution in [3.8, 4) is 0 Å². The fourth-order valence-corrected chi connectivity index (χ4v) is 0.979. The molecule has 0 aliphatic rings. The first kappa shape index (κ1) is 19.3. The summed E-state index contributed by atoms with van der Waals surface area (Å²) in [4.78, 5) is 0. The Hall–Kier alpha value is -0.0701. The van der Waals surface area contributed by atoms with Gasteiger partial charge in [0, 0.05) is 0 Å². The molecular formula is C8H7Al2BF6. The van der Waals surface area contributed by atoms with Crippen LogP contribution in [-0.2, 0) is 12.4 Å². The Bertz CT molecular complexity index is 341. The first-order valence-electron chi connectivity index (χ1n) is 3.65. The van der Waals surface area contributed by atoms with Crippen LogP contribution in [-0.4, -0.2) is 42.6 Å². The predicted molar refractivity (Wildman–Crippen MR) is 58.9 cm³/mol. The van der Waals surface area contributed by atoms with Crippen molar-refractivity contribution in [2.24, 2.45) is 0 Å². The van der Waals surface area contributed by atoms with Gasteiger partial charge >= 0.3 is 12.4 Å². The largest absolute Gasteiger partial charge is 0.416 e. The fourth-order valence-electron chi connectivity index (χ4n) is 0.979. The molecule has 1 aromatic rings. The van der Waals surface area contributed by atoms with Crippen molar-refractivity contribution in [1.29, 1.82) is 0 Å². The van der Waals surface area contributed by atoms with E-state index >= 15 is 0 Å². The molecule has 0 saturated heterocycles. The zero-order chi connectivity index (χ0) is 11.9. The van der Waals surface area contributed by atoms with E-state index in [1.54, 1.807) is 0 Å². The molecule has 1 rings (SSSR count). The first-order chi connectivity index (χ1) is 6.60. The molecule has 0 atom stereocenters. The number of hydrogen-bond donors (Lipinski definition) is 0. The van der Waals surface area contributed by atoms with Gasteiger partial charge in [-0.05, 0) is 6.07 Å². The molecule has 17 heavy (non-hydrogen) atoms. The number of halogens is 6. The van der Waals surface area contributed by atoms with Crippen LogP contribution in [0.1, 0.15) is 11.1 Å². The van der Waals surface area contributed by atoms with E-state index in [1.165, 1.54) is 0 Å². The van der Waals surface area contributed by atoms with Crippen molar-refractivity contribution in [1.82, 2.24) is 0 Å². The van der Waals surface area contributed by atoms with Crippen LogP contribution in [0.3, 0.4) is 0 Å². The van der Waals surface area contributed by atoms with Gasteiger partial charge in [0.05, 0.1) is 11.1 Å². The van der Waals surface area contributed by atoms with Gasteiger partial charge in [-0.25, -0.2) is 0 Å². The van der Waals surface area contributed by atoms with E-state index in [9.17, 15) is 26.3 Å². The summed E-state index contributed by atoms with van der Waals surface area (Å²) in [6.45, 7) is 0. The highest BCUT2D eigenvalue weighted by molar-refractivity contribution is 6.32. The molecule has 90 valence electrons. The molecule has 0 spiro atoms. The second kappa shape index (κ2) is 6.20. The van der Waals surface area contributed by atoms with Crippen molar-refractivity contribution >= 4 is 48.0 Å². The van der Waals surface area contributed by atoms with Crippen LogP contribution in [0.2, 0.25) is 0 Å². The molecule has 0 unspecified atom stereocenters. The van der Waals surface area contributed by atoms with E-state index < -0.39 is 28.9 Å². The van der Waals surface area contributed by atoms with Gasteiger partial charge in [0.1, 0.15) is 42.6 Å². The Morgan fingerprint density at radius 2 is 1.00 bits per heavy atom. The second-order valence-corrected chi connectivity index (χ2v) is 2.84. The summed E-state index contributed by atoms with van der Waals surface area (Å²) in [5.41, 5.74) is -3.39. The van der Waals surface area contributed by atoms with E-state index in [-0.39, 0.29) is 40.8 Å². The molecule has 0 aromatic heterocycles. The highest BCUT2D eigenvalue weighted by Crippen LogP contribution is 2.34. The maximum atomic E-state index is 12.1. The normalized spacial score (nSPS) is 11.4. The Labute approximate surface area is 116 Å². The Balaban J connectivity index is 0. The minimum Gasteiger partial charge on any atom is -0.166 e. The van der Waals surface area contributed by atoms with Gasteiger partial charge in [-0.3, -0.25) is 0 Å². The van der Waals surface area contributed by atoms with Gasteiger partial charge in [0.2, 0.25) is 0 Å². The third-order valence-electron chi connectivity index (χ3n) is 1.61. The molecule has 0 N–H and O–H groups in total. The summed E-state index contributed by atoms with van der Waals surface area (Å²) in [5, 5.41) is 0. The Kier molecular flexibility index (Phi) is 7.03. The summed E-state index contributed by atoms with van der Waals surface area (Å²) in [5.74, 6) is 0. The van der Waals surface area contributed by atoms with E-state index in [0.717, 1.165) is 0 Å². The lowest BCUT2D eigenvalue weighted by atomic mass is 9.91. The van der Waals surface area contributed by atoms with Crippen LogP contribution < -0.4 is 5.46 Å². The first-order valence-corrected chi connectivity index (χ1v) is 3.65. The van der Waals surface area contributed by atoms with Gasteiger partial charge in [-0.15, -0.1) is 0 Å². The van der Waals surface area contributed by atoms with Crippen molar-refractivity contribution in [2.75, 3.05) is 0 Å². The van der Waals surface area contributed by atoms with Crippen LogP contribution in [0.4, 0.5) is 26.3 Å². The molecular weight excluding hydrogens is 275 g/mol. The van der Waals surface area contributed by atoms with Crippen LogP contribution in [0, 0.1) is 0 Å². The molecule has 0 aliphatic heterocycles. The van der Waals surface area contributed by atoms with E-state index in [2.05, 4.69) is 0 Å². The molecule has 0 fully saturated rings. The molecule has 0 aliphatic carbocycles. The molecule has 0 heterocycles. The average Bonchev–Trinajstić information content (AvgIpc) is 1.99. The fraction of sp³-hybridized carbons (Fsp3) is 0.250. The highest BCUT2D eigenvalue weighted by atomic mass is 27.0. The molecule has 4 radical (unpaired) electrons. The lowest BCUT2D eigenvalue weighted by Gasteiger charge is -2.12. The van der Waals surface area contributed by atoms with Gasteiger partial charge in [0.25, 0.3) is 0 Å². The molecule has 0 nitrogen and oxygen atoms in total. The molecule has 9 heteroatoms. The van der Waals surface area contributed by atoms with Gasteiger partial charge in [-0.2, -0.15) is 26.3 Å². The third kappa shape index (κ3) is 5.40. The number of rotatable bonds is 0. The Morgan fingerprint density at radius 3 is 1.24 bits per heavy atom. The summed E-state index contributed by atoms with van der Waals surface area (Å²) >= 11 is 0. The predicted octanol–water partition coefficient (Wildman–Crippen LogP) is 0.686. The summed E-state index contributed by atoms with van der Waals surface area (Å²) < 4.78 is 72.7. The van der Waals surface area contributed by atoms with Gasteiger partial charge in [-0.1, -0.05) is 17.6 Å². The van der Waals surface area contributed by atoms with Crippen molar-refractivity contribution in [2.45, 2.75) is 12.4 Å². The standard InChI is InChI=1S/C8H3BF6.2Al.4H/c9-6-2-4(7(10,11)12)1-5(3-6)8(13,14)15;;;;;;/h1-3H;;;;;;. The SMILES string of the molecule is [AlH2].[AlH2].[B]c1cc(C(F)(F)F)cc(C(F)(F)F)c1. The number of alkyl halides is 6. The highest BCUT2D eigenvalue weighted by Gasteiger charge is 2.36. The quantitative estimate of drug-likeness (QED) is 0.485. The lowest BCUT2D eigenvalue weighted by Crippen LogP contribution is -2.16. The van der Waals surface area contributed by atoms with E-state index in [0.29, 0.717) is 12.1 Å². The number of hydrogen-bond acceptors (Lipinski definition) is 0. The zero-order valence-corrected chi connectivity index (χ0v) is 13.1. The molecule has 1 aromatic carbocycles. The average molecular weight is 282 g/mol. The van der Waals surface area contributed by atoms with E-state index in [4.69, 9.17) is 7.85 Å². The smallest absolute Gasteiger partial charge is 0.166 e. The summed E-state index contributed by atoms with van der Waals surface area (Å²) in [6.07, 6.45) is -9.68. The molecule has 0 saturated carbocycles. The topological polar surface area (TPSA) is 0 Å². The van der Waals surface area contributed by atoms with Crippen LogP contribution in [0.15, 0.2) is 18.2 Å². The van der Waals surface area contributed by atoms with Crippen LogP contribution in [0.5, 0.6) is 0 Å². The third-order valence-corrected chi connectivity index (χ3v) is 1.61. The van der Waals surface area contributed by atoms with E-state index in [1.807, 2.05) is 0 Å². The number of benzene rings is 1.